The third-order valence-corrected chi connectivity index (χ3v) is 3.75. The van der Waals surface area contributed by atoms with Crippen LogP contribution < -0.4 is 5.32 Å². The molecule has 20 heavy (non-hydrogen) atoms. The van der Waals surface area contributed by atoms with Gasteiger partial charge in [0.25, 0.3) is 0 Å². The summed E-state index contributed by atoms with van der Waals surface area (Å²) in [7, 11) is 0. The van der Waals surface area contributed by atoms with Crippen molar-refractivity contribution in [1.29, 1.82) is 0 Å². The van der Waals surface area contributed by atoms with Crippen LogP contribution in [0.5, 0.6) is 0 Å². The Hall–Kier alpha value is -1.89. The van der Waals surface area contributed by atoms with Crippen molar-refractivity contribution in [3.8, 4) is 0 Å². The zero-order valence-electron chi connectivity index (χ0n) is 11.9. The molecule has 0 aliphatic rings. The molecule has 0 bridgehead atoms. The van der Waals surface area contributed by atoms with Crippen molar-refractivity contribution < 1.29 is 23.9 Å². The van der Waals surface area contributed by atoms with Crippen LogP contribution in [0, 0.1) is 6.92 Å². The molecule has 0 saturated heterocycles. The van der Waals surface area contributed by atoms with Crippen molar-refractivity contribution in [2.45, 2.75) is 27.7 Å². The predicted octanol–water partition coefficient (Wildman–Crippen LogP) is 3.00. The van der Waals surface area contributed by atoms with Crippen molar-refractivity contribution in [3.63, 3.8) is 0 Å². The number of carbonyl (C=O) groups excluding carboxylic acids is 3. The van der Waals surface area contributed by atoms with E-state index >= 15 is 0 Å². The molecule has 1 heterocycles. The molecule has 1 aromatic rings. The lowest BCUT2D eigenvalue weighted by Gasteiger charge is -2.06. The lowest BCUT2D eigenvalue weighted by molar-refractivity contribution is 0.0527. The maximum absolute atomic E-state index is 11.9. The number of nitrogens with one attached hydrogen (secondary N) is 1. The highest BCUT2D eigenvalue weighted by Crippen LogP contribution is 2.34. The molecular formula is C13H17NO5S. The molecule has 1 N–H and O–H groups in total. The molecule has 0 aliphatic heterocycles. The molecule has 0 spiro atoms. The average Bonchev–Trinajstić information content (AvgIpc) is 2.66. The largest absolute Gasteiger partial charge is 0.462 e. The van der Waals surface area contributed by atoms with Crippen LogP contribution in [-0.2, 0) is 9.47 Å². The molecule has 1 amide bonds. The lowest BCUT2D eigenvalue weighted by atomic mass is 10.1. The molecule has 0 unspecified atom stereocenters. The van der Waals surface area contributed by atoms with Crippen LogP contribution in [-0.4, -0.2) is 31.1 Å². The number of esters is 1. The van der Waals surface area contributed by atoms with Crippen molar-refractivity contribution in [2.75, 3.05) is 18.5 Å². The van der Waals surface area contributed by atoms with Gasteiger partial charge in [-0.1, -0.05) is 0 Å². The first-order valence-corrected chi connectivity index (χ1v) is 6.99. The standard InChI is InChI=1S/C13H17NO5S/c1-5-18-12(16)9-7(3)10(8(4)15)20-11(9)14-13(17)19-6-2/h5-6H2,1-4H3,(H,14,17). The number of thiophene rings is 1. The summed E-state index contributed by atoms with van der Waals surface area (Å²) >= 11 is 1.04. The van der Waals surface area contributed by atoms with E-state index in [-0.39, 0.29) is 29.6 Å². The topological polar surface area (TPSA) is 81.7 Å². The van der Waals surface area contributed by atoms with E-state index in [4.69, 9.17) is 9.47 Å². The van der Waals surface area contributed by atoms with Crippen molar-refractivity contribution in [1.82, 2.24) is 0 Å². The molecule has 1 rings (SSSR count). The first kappa shape index (κ1) is 16.2. The minimum Gasteiger partial charge on any atom is -0.462 e. The van der Waals surface area contributed by atoms with Crippen molar-refractivity contribution in [2.24, 2.45) is 0 Å². The fraction of sp³-hybridized carbons (Fsp3) is 0.462. The number of ketones is 1. The van der Waals surface area contributed by atoms with Crippen molar-refractivity contribution in [3.05, 3.63) is 16.0 Å². The van der Waals surface area contributed by atoms with Gasteiger partial charge in [0.1, 0.15) is 5.00 Å². The summed E-state index contributed by atoms with van der Waals surface area (Å²) in [5.74, 6) is -0.740. The van der Waals surface area contributed by atoms with E-state index in [0.29, 0.717) is 10.4 Å². The lowest BCUT2D eigenvalue weighted by Crippen LogP contribution is -2.15. The Kier molecular flexibility index (Phi) is 5.69. The van der Waals surface area contributed by atoms with Gasteiger partial charge < -0.3 is 9.47 Å². The summed E-state index contributed by atoms with van der Waals surface area (Å²) in [5, 5.41) is 2.74. The highest BCUT2D eigenvalue weighted by Gasteiger charge is 2.25. The molecule has 1 aromatic heterocycles. The minimum absolute atomic E-state index is 0.171. The molecule has 0 saturated carbocycles. The van der Waals surface area contributed by atoms with E-state index < -0.39 is 12.1 Å². The summed E-state index contributed by atoms with van der Waals surface area (Å²) in [6, 6.07) is 0. The highest BCUT2D eigenvalue weighted by molar-refractivity contribution is 7.18. The van der Waals surface area contributed by atoms with Gasteiger partial charge in [0.05, 0.1) is 23.7 Å². The van der Waals surface area contributed by atoms with Crippen LogP contribution in [0.15, 0.2) is 0 Å². The molecule has 0 fully saturated rings. The number of anilines is 1. The van der Waals surface area contributed by atoms with Gasteiger partial charge in [-0.3, -0.25) is 10.1 Å². The quantitative estimate of drug-likeness (QED) is 0.667. The molecular weight excluding hydrogens is 282 g/mol. The Morgan fingerprint density at radius 1 is 1.15 bits per heavy atom. The van der Waals surface area contributed by atoms with Crippen molar-refractivity contribution >= 4 is 34.2 Å². The average molecular weight is 299 g/mol. The summed E-state index contributed by atoms with van der Waals surface area (Å²) in [5.41, 5.74) is 0.711. The monoisotopic (exact) mass is 299 g/mol. The first-order chi connectivity index (χ1) is 9.42. The summed E-state index contributed by atoms with van der Waals surface area (Å²) in [4.78, 5) is 35.4. The van der Waals surface area contributed by atoms with Gasteiger partial charge >= 0.3 is 12.1 Å². The smallest absolute Gasteiger partial charge is 0.412 e. The summed E-state index contributed by atoms with van der Waals surface area (Å²) in [6.45, 7) is 6.83. The molecule has 0 aliphatic carbocycles. The van der Waals surface area contributed by atoms with Gasteiger partial charge in [0, 0.05) is 0 Å². The number of hydrogen-bond acceptors (Lipinski definition) is 6. The zero-order chi connectivity index (χ0) is 15.3. The Balaban J connectivity index is 3.19. The highest BCUT2D eigenvalue weighted by atomic mass is 32.1. The van der Waals surface area contributed by atoms with Crippen LogP contribution in [0.3, 0.4) is 0 Å². The number of ether oxygens (including phenoxy) is 2. The van der Waals surface area contributed by atoms with Gasteiger partial charge in [-0.2, -0.15) is 0 Å². The first-order valence-electron chi connectivity index (χ1n) is 6.17. The molecule has 7 heteroatoms. The number of amides is 1. The molecule has 6 nitrogen and oxygen atoms in total. The van der Waals surface area contributed by atoms with Gasteiger partial charge in [0.15, 0.2) is 5.78 Å². The van der Waals surface area contributed by atoms with Crippen LogP contribution in [0.4, 0.5) is 9.80 Å². The summed E-state index contributed by atoms with van der Waals surface area (Å²) in [6.07, 6.45) is -0.672. The second kappa shape index (κ2) is 7.04. The number of rotatable bonds is 5. The van der Waals surface area contributed by atoms with Crippen LogP contribution >= 0.6 is 11.3 Å². The molecule has 0 radical (unpaired) electrons. The molecule has 0 aromatic carbocycles. The fourth-order valence-electron chi connectivity index (χ4n) is 1.65. The van der Waals surface area contributed by atoms with E-state index in [1.54, 1.807) is 20.8 Å². The third-order valence-electron chi connectivity index (χ3n) is 2.44. The number of Topliss-reactive ketones (excluding diaryl/α,β-unsaturated/α-hetero) is 1. The Morgan fingerprint density at radius 2 is 1.75 bits per heavy atom. The van der Waals surface area contributed by atoms with Crippen LogP contribution in [0.1, 0.15) is 46.4 Å². The van der Waals surface area contributed by atoms with E-state index in [1.165, 1.54) is 6.92 Å². The van der Waals surface area contributed by atoms with E-state index in [9.17, 15) is 14.4 Å². The predicted molar refractivity (Wildman–Crippen MR) is 75.7 cm³/mol. The maximum atomic E-state index is 11.9. The molecule has 0 atom stereocenters. The maximum Gasteiger partial charge on any atom is 0.412 e. The Labute approximate surface area is 121 Å². The zero-order valence-corrected chi connectivity index (χ0v) is 12.7. The van der Waals surface area contributed by atoms with Gasteiger partial charge in [0.2, 0.25) is 0 Å². The van der Waals surface area contributed by atoms with E-state index in [0.717, 1.165) is 11.3 Å². The normalized spacial score (nSPS) is 10.0. The van der Waals surface area contributed by atoms with E-state index in [1.807, 2.05) is 0 Å². The SMILES string of the molecule is CCOC(=O)Nc1sc(C(C)=O)c(C)c1C(=O)OCC. The van der Waals surface area contributed by atoms with E-state index in [2.05, 4.69) is 5.32 Å². The fourth-order valence-corrected chi connectivity index (χ4v) is 2.72. The van der Waals surface area contributed by atoms with Crippen LogP contribution in [0.25, 0.3) is 0 Å². The second-order valence-electron chi connectivity index (χ2n) is 3.88. The number of carbonyl (C=O) groups is 3. The third kappa shape index (κ3) is 3.57. The van der Waals surface area contributed by atoms with Gasteiger partial charge in [-0.05, 0) is 33.3 Å². The molecule has 110 valence electrons. The van der Waals surface area contributed by atoms with Crippen LogP contribution in [0.2, 0.25) is 0 Å². The Morgan fingerprint density at radius 3 is 2.25 bits per heavy atom. The minimum atomic E-state index is -0.672. The second-order valence-corrected chi connectivity index (χ2v) is 4.90. The summed E-state index contributed by atoms with van der Waals surface area (Å²) < 4.78 is 9.72. The van der Waals surface area contributed by atoms with Gasteiger partial charge in [-0.25, -0.2) is 9.59 Å². The number of hydrogen-bond donors (Lipinski definition) is 1. The van der Waals surface area contributed by atoms with Gasteiger partial charge in [-0.15, -0.1) is 11.3 Å². The Bertz CT molecular complexity index is 535.